The molecule has 0 N–H and O–H groups in total. The van der Waals surface area contributed by atoms with Crippen LogP contribution >= 0.6 is 15.9 Å². The smallest absolute Gasteiger partial charge is 0.340 e. The van der Waals surface area contributed by atoms with E-state index in [1.165, 1.54) is 6.07 Å². The molecular formula is C17H13BrN2O4. The Labute approximate surface area is 145 Å². The van der Waals surface area contributed by atoms with Crippen LogP contribution in [0.5, 0.6) is 0 Å². The molecule has 122 valence electrons. The molecule has 0 radical (unpaired) electrons. The van der Waals surface area contributed by atoms with E-state index in [9.17, 15) is 14.9 Å². The van der Waals surface area contributed by atoms with Gasteiger partial charge in [-0.15, -0.1) is 0 Å². The van der Waals surface area contributed by atoms with Crippen molar-refractivity contribution in [2.45, 2.75) is 6.92 Å². The van der Waals surface area contributed by atoms with Crippen molar-refractivity contribution in [3.05, 3.63) is 68.9 Å². The third kappa shape index (κ3) is 2.78. The summed E-state index contributed by atoms with van der Waals surface area (Å²) in [5.41, 5.74) is 1.72. The largest absolute Gasteiger partial charge is 0.462 e. The van der Waals surface area contributed by atoms with Gasteiger partial charge >= 0.3 is 5.97 Å². The fourth-order valence-electron chi connectivity index (χ4n) is 2.63. The number of nitro groups is 1. The van der Waals surface area contributed by atoms with Crippen molar-refractivity contribution in [3.8, 4) is 11.1 Å². The Morgan fingerprint density at radius 3 is 2.79 bits per heavy atom. The number of esters is 1. The third-order valence-corrected chi connectivity index (χ3v) is 4.10. The lowest BCUT2D eigenvalue weighted by Crippen LogP contribution is -2.06. The van der Waals surface area contributed by atoms with Gasteiger partial charge in [0.05, 0.1) is 28.2 Å². The highest BCUT2D eigenvalue weighted by atomic mass is 79.9. The lowest BCUT2D eigenvalue weighted by Gasteiger charge is -2.06. The number of hydrogen-bond donors (Lipinski definition) is 0. The molecule has 0 amide bonds. The average molecular weight is 389 g/mol. The molecule has 6 nitrogen and oxygen atoms in total. The van der Waals surface area contributed by atoms with Crippen molar-refractivity contribution in [2.24, 2.45) is 0 Å². The number of carbonyl (C=O) groups excluding carboxylic acids is 1. The molecule has 0 aliphatic carbocycles. The molecule has 0 fully saturated rings. The number of hydrogen-bond acceptors (Lipinski definition) is 4. The summed E-state index contributed by atoms with van der Waals surface area (Å²) < 4.78 is 7.60. The Morgan fingerprint density at radius 2 is 2.08 bits per heavy atom. The first kappa shape index (κ1) is 16.2. The summed E-state index contributed by atoms with van der Waals surface area (Å²) in [5, 5.41) is 11.4. The molecule has 0 atom stereocenters. The van der Waals surface area contributed by atoms with Gasteiger partial charge in [-0.1, -0.05) is 22.0 Å². The number of nitrogens with zero attached hydrogens (tertiary/aromatic N) is 2. The molecule has 24 heavy (non-hydrogen) atoms. The summed E-state index contributed by atoms with van der Waals surface area (Å²) in [5.74, 6) is -0.504. The molecule has 2 heterocycles. The van der Waals surface area contributed by atoms with Gasteiger partial charge in [0.25, 0.3) is 5.69 Å². The second-order valence-electron chi connectivity index (χ2n) is 5.05. The van der Waals surface area contributed by atoms with E-state index in [0.717, 1.165) is 0 Å². The predicted molar refractivity (Wildman–Crippen MR) is 93.1 cm³/mol. The highest BCUT2D eigenvalue weighted by molar-refractivity contribution is 9.10. The van der Waals surface area contributed by atoms with Gasteiger partial charge in [-0.05, 0) is 31.2 Å². The summed E-state index contributed by atoms with van der Waals surface area (Å²) in [6.45, 7) is 1.94. The molecule has 0 bridgehead atoms. The van der Waals surface area contributed by atoms with Gasteiger partial charge in [-0.2, -0.15) is 0 Å². The molecule has 0 aliphatic heterocycles. The summed E-state index contributed by atoms with van der Waals surface area (Å²) in [6, 6.07) is 10.0. The number of ether oxygens (including phenoxy) is 1. The fourth-order valence-corrected chi connectivity index (χ4v) is 2.99. The van der Waals surface area contributed by atoms with Gasteiger partial charge in [0, 0.05) is 28.5 Å². The standard InChI is InChI=1S/C17H13BrN2O4/c1-2-24-17(21)16-13(10-19-8-4-3-5-15(16)19)12-9-11(18)6-7-14(12)20(22)23/h3-10H,2H2,1H3. The normalized spacial score (nSPS) is 10.8. The number of fused-ring (bicyclic) bond motifs is 1. The molecule has 7 heteroatoms. The first-order valence-corrected chi connectivity index (χ1v) is 8.03. The van der Waals surface area contributed by atoms with E-state index >= 15 is 0 Å². The van der Waals surface area contributed by atoms with Gasteiger partial charge in [0.15, 0.2) is 0 Å². The molecule has 2 aromatic heterocycles. The van der Waals surface area contributed by atoms with E-state index in [0.29, 0.717) is 26.7 Å². The number of benzene rings is 1. The summed E-state index contributed by atoms with van der Waals surface area (Å²) in [7, 11) is 0. The molecule has 0 spiro atoms. The molecular weight excluding hydrogens is 376 g/mol. The SMILES string of the molecule is CCOC(=O)c1c(-c2cc(Br)ccc2[N+](=O)[O-])cn2ccccc12. The average Bonchev–Trinajstić information content (AvgIpc) is 2.94. The van der Waals surface area contributed by atoms with Gasteiger partial charge < -0.3 is 9.14 Å². The molecule has 3 rings (SSSR count). The van der Waals surface area contributed by atoms with Gasteiger partial charge in [0.2, 0.25) is 0 Å². The van der Waals surface area contributed by atoms with Gasteiger partial charge in [-0.25, -0.2) is 4.79 Å². The van der Waals surface area contributed by atoms with Crippen LogP contribution in [0.3, 0.4) is 0 Å². The summed E-state index contributed by atoms with van der Waals surface area (Å²) in [4.78, 5) is 23.4. The van der Waals surface area contributed by atoms with Crippen molar-refractivity contribution in [2.75, 3.05) is 6.61 Å². The maximum atomic E-state index is 12.5. The van der Waals surface area contributed by atoms with Crippen LogP contribution in [0.1, 0.15) is 17.3 Å². The zero-order chi connectivity index (χ0) is 17.3. The lowest BCUT2D eigenvalue weighted by atomic mass is 10.0. The van der Waals surface area contributed by atoms with Crippen LogP contribution in [0.4, 0.5) is 5.69 Å². The number of halogens is 1. The highest BCUT2D eigenvalue weighted by Gasteiger charge is 2.25. The first-order chi connectivity index (χ1) is 11.5. The second-order valence-corrected chi connectivity index (χ2v) is 5.97. The molecule has 1 aromatic carbocycles. The van der Waals surface area contributed by atoms with Crippen LogP contribution in [0, 0.1) is 10.1 Å². The van der Waals surface area contributed by atoms with Crippen LogP contribution in [0.25, 0.3) is 16.6 Å². The van der Waals surface area contributed by atoms with Crippen LogP contribution in [0.2, 0.25) is 0 Å². The minimum atomic E-state index is -0.504. The van der Waals surface area contributed by atoms with Crippen molar-refractivity contribution in [3.63, 3.8) is 0 Å². The summed E-state index contributed by atoms with van der Waals surface area (Å²) in [6.07, 6.45) is 3.49. The van der Waals surface area contributed by atoms with E-state index in [2.05, 4.69) is 15.9 Å². The Morgan fingerprint density at radius 1 is 1.29 bits per heavy atom. The van der Waals surface area contributed by atoms with Crippen LogP contribution in [-0.4, -0.2) is 21.9 Å². The number of aromatic nitrogens is 1. The van der Waals surface area contributed by atoms with Crippen molar-refractivity contribution < 1.29 is 14.5 Å². The van der Waals surface area contributed by atoms with Crippen molar-refractivity contribution in [1.82, 2.24) is 4.40 Å². The lowest BCUT2D eigenvalue weighted by molar-refractivity contribution is -0.384. The number of rotatable bonds is 4. The maximum Gasteiger partial charge on any atom is 0.340 e. The van der Waals surface area contributed by atoms with E-state index in [-0.39, 0.29) is 12.3 Å². The van der Waals surface area contributed by atoms with E-state index in [1.807, 2.05) is 6.07 Å². The van der Waals surface area contributed by atoms with Crippen LogP contribution in [0.15, 0.2) is 53.3 Å². The minimum Gasteiger partial charge on any atom is -0.462 e. The number of pyridine rings is 1. The monoisotopic (exact) mass is 388 g/mol. The number of nitro benzene ring substituents is 1. The van der Waals surface area contributed by atoms with Crippen LogP contribution in [-0.2, 0) is 4.74 Å². The van der Waals surface area contributed by atoms with Crippen molar-refractivity contribution >= 4 is 33.1 Å². The van der Waals surface area contributed by atoms with E-state index < -0.39 is 10.9 Å². The Kier molecular flexibility index (Phi) is 4.35. The first-order valence-electron chi connectivity index (χ1n) is 7.24. The Bertz CT molecular complexity index is 949. The molecule has 0 unspecified atom stereocenters. The molecule has 0 saturated heterocycles. The Hall–Kier alpha value is -2.67. The zero-order valence-electron chi connectivity index (χ0n) is 12.7. The van der Waals surface area contributed by atoms with Gasteiger partial charge in [-0.3, -0.25) is 10.1 Å². The third-order valence-electron chi connectivity index (χ3n) is 3.61. The quantitative estimate of drug-likeness (QED) is 0.375. The fraction of sp³-hybridized carbons (Fsp3) is 0.118. The van der Waals surface area contributed by atoms with E-state index in [1.54, 1.807) is 48.0 Å². The topological polar surface area (TPSA) is 73.8 Å². The summed E-state index contributed by atoms with van der Waals surface area (Å²) >= 11 is 3.33. The molecule has 0 aliphatic rings. The highest BCUT2D eigenvalue weighted by Crippen LogP contribution is 2.37. The molecule has 0 saturated carbocycles. The predicted octanol–water partition coefficient (Wildman–Crippen LogP) is 4.45. The minimum absolute atomic E-state index is 0.0698. The van der Waals surface area contributed by atoms with Crippen molar-refractivity contribution in [1.29, 1.82) is 0 Å². The second kappa shape index (κ2) is 6.45. The van der Waals surface area contributed by atoms with E-state index in [4.69, 9.17) is 4.74 Å². The molecule has 3 aromatic rings. The maximum absolute atomic E-state index is 12.5. The number of carbonyl (C=O) groups is 1. The Balaban J connectivity index is 2.34. The van der Waals surface area contributed by atoms with Gasteiger partial charge in [0.1, 0.15) is 0 Å². The van der Waals surface area contributed by atoms with Crippen LogP contribution < -0.4 is 0 Å². The zero-order valence-corrected chi connectivity index (χ0v) is 14.3.